The van der Waals surface area contributed by atoms with E-state index in [0.29, 0.717) is 18.8 Å². The van der Waals surface area contributed by atoms with E-state index in [1.54, 1.807) is 10.7 Å². The fourth-order valence-electron chi connectivity index (χ4n) is 3.52. The van der Waals surface area contributed by atoms with Gasteiger partial charge in [-0.25, -0.2) is 4.39 Å². The molecule has 1 aromatic heterocycles. The molecule has 7 heteroatoms. The number of carbonyl (C=O) groups is 1. The minimum absolute atomic E-state index is 0.0708. The Labute approximate surface area is 159 Å². The number of amides is 1. The van der Waals surface area contributed by atoms with Crippen LogP contribution < -0.4 is 10.2 Å². The normalized spacial score (nSPS) is 20.0. The van der Waals surface area contributed by atoms with Crippen LogP contribution in [-0.4, -0.2) is 41.0 Å². The lowest BCUT2D eigenvalue weighted by Crippen LogP contribution is -2.45. The van der Waals surface area contributed by atoms with Crippen molar-refractivity contribution < 1.29 is 13.9 Å². The molecule has 1 amide bonds. The molecule has 1 saturated heterocycles. The zero-order valence-electron chi connectivity index (χ0n) is 16.3. The standard InChI is InChI=1S/C20H27FN4O2/c1-13-7-14(2)25(23-13)12-20(26)22-9-17-5-6-19(18(21)8-17)24-10-15(3)27-16(4)11-24/h5-8,15-16H,9-12H2,1-4H3,(H,22,26). The smallest absolute Gasteiger partial charge is 0.242 e. The number of morpholine rings is 1. The fraction of sp³-hybridized carbons (Fsp3) is 0.500. The first-order valence-electron chi connectivity index (χ1n) is 9.28. The Balaban J connectivity index is 1.59. The molecular weight excluding hydrogens is 347 g/mol. The highest BCUT2D eigenvalue weighted by molar-refractivity contribution is 5.75. The van der Waals surface area contributed by atoms with Crippen LogP contribution in [0.5, 0.6) is 0 Å². The van der Waals surface area contributed by atoms with Gasteiger partial charge in [-0.15, -0.1) is 0 Å². The third-order valence-electron chi connectivity index (χ3n) is 4.66. The van der Waals surface area contributed by atoms with Crippen LogP contribution in [0.1, 0.15) is 30.8 Å². The van der Waals surface area contributed by atoms with Gasteiger partial charge >= 0.3 is 0 Å². The molecule has 1 aliphatic rings. The zero-order valence-corrected chi connectivity index (χ0v) is 16.3. The van der Waals surface area contributed by atoms with Gasteiger partial charge < -0.3 is 15.0 Å². The number of carbonyl (C=O) groups excluding carboxylic acids is 1. The Morgan fingerprint density at radius 2 is 1.96 bits per heavy atom. The van der Waals surface area contributed by atoms with Crippen molar-refractivity contribution in [3.8, 4) is 0 Å². The topological polar surface area (TPSA) is 59.4 Å². The maximum absolute atomic E-state index is 14.6. The number of halogens is 1. The summed E-state index contributed by atoms with van der Waals surface area (Å²) in [6.07, 6.45) is 0.142. The summed E-state index contributed by atoms with van der Waals surface area (Å²) >= 11 is 0. The Morgan fingerprint density at radius 1 is 1.26 bits per heavy atom. The lowest BCUT2D eigenvalue weighted by Gasteiger charge is -2.37. The monoisotopic (exact) mass is 374 g/mol. The SMILES string of the molecule is Cc1cc(C)n(CC(=O)NCc2ccc(N3CC(C)OC(C)C3)c(F)c2)n1. The molecule has 2 heterocycles. The molecule has 3 rings (SSSR count). The highest BCUT2D eigenvalue weighted by Gasteiger charge is 2.24. The van der Waals surface area contributed by atoms with Gasteiger partial charge in [-0.05, 0) is 51.5 Å². The molecule has 6 nitrogen and oxygen atoms in total. The van der Waals surface area contributed by atoms with E-state index in [4.69, 9.17) is 4.74 Å². The molecule has 2 atom stereocenters. The van der Waals surface area contributed by atoms with Gasteiger partial charge in [0.2, 0.25) is 5.91 Å². The van der Waals surface area contributed by atoms with Crippen LogP contribution in [0.2, 0.25) is 0 Å². The Morgan fingerprint density at radius 3 is 2.56 bits per heavy atom. The molecule has 2 unspecified atom stereocenters. The number of benzene rings is 1. The highest BCUT2D eigenvalue weighted by Crippen LogP contribution is 2.24. The summed E-state index contributed by atoms with van der Waals surface area (Å²) in [7, 11) is 0. The van der Waals surface area contributed by atoms with Crippen LogP contribution in [-0.2, 0) is 22.6 Å². The van der Waals surface area contributed by atoms with Crippen molar-refractivity contribution in [2.75, 3.05) is 18.0 Å². The van der Waals surface area contributed by atoms with Crippen molar-refractivity contribution in [3.63, 3.8) is 0 Å². The average Bonchev–Trinajstić information content (AvgIpc) is 2.89. The van der Waals surface area contributed by atoms with E-state index in [-0.39, 0.29) is 37.0 Å². The molecular formula is C20H27FN4O2. The molecule has 1 N–H and O–H groups in total. The van der Waals surface area contributed by atoms with E-state index >= 15 is 0 Å². The number of hydrogen-bond acceptors (Lipinski definition) is 4. The third-order valence-corrected chi connectivity index (χ3v) is 4.66. The van der Waals surface area contributed by atoms with Gasteiger partial charge in [-0.1, -0.05) is 6.07 Å². The number of rotatable bonds is 5. The average molecular weight is 374 g/mol. The van der Waals surface area contributed by atoms with E-state index < -0.39 is 0 Å². The lowest BCUT2D eigenvalue weighted by molar-refractivity contribution is -0.122. The molecule has 0 spiro atoms. The van der Waals surface area contributed by atoms with E-state index in [1.807, 2.05) is 44.7 Å². The number of nitrogens with zero attached hydrogens (tertiary/aromatic N) is 3. The molecule has 0 saturated carbocycles. The summed E-state index contributed by atoms with van der Waals surface area (Å²) in [4.78, 5) is 14.1. The minimum atomic E-state index is -0.276. The van der Waals surface area contributed by atoms with Gasteiger partial charge in [-0.3, -0.25) is 9.48 Å². The van der Waals surface area contributed by atoms with E-state index in [2.05, 4.69) is 10.4 Å². The van der Waals surface area contributed by atoms with Crippen LogP contribution in [0.3, 0.4) is 0 Å². The number of ether oxygens (including phenoxy) is 1. The first-order chi connectivity index (χ1) is 12.8. The first kappa shape index (κ1) is 19.4. The van der Waals surface area contributed by atoms with Gasteiger partial charge in [0.1, 0.15) is 12.4 Å². The number of hydrogen-bond donors (Lipinski definition) is 1. The van der Waals surface area contributed by atoms with Crippen molar-refractivity contribution in [3.05, 3.63) is 47.0 Å². The summed E-state index contributed by atoms with van der Waals surface area (Å²) in [5.41, 5.74) is 3.12. The van der Waals surface area contributed by atoms with Crippen molar-refractivity contribution in [2.45, 2.75) is 53.0 Å². The van der Waals surface area contributed by atoms with Crippen LogP contribution in [0, 0.1) is 19.7 Å². The molecule has 27 heavy (non-hydrogen) atoms. The second-order valence-electron chi connectivity index (χ2n) is 7.31. The van der Waals surface area contributed by atoms with E-state index in [9.17, 15) is 9.18 Å². The van der Waals surface area contributed by atoms with Gasteiger partial charge in [-0.2, -0.15) is 5.10 Å². The molecule has 1 aliphatic heterocycles. The second-order valence-corrected chi connectivity index (χ2v) is 7.31. The first-order valence-corrected chi connectivity index (χ1v) is 9.28. The second kappa shape index (κ2) is 8.08. The Kier molecular flexibility index (Phi) is 5.79. The number of aromatic nitrogens is 2. The largest absolute Gasteiger partial charge is 0.372 e. The zero-order chi connectivity index (χ0) is 19.6. The predicted molar refractivity (Wildman–Crippen MR) is 102 cm³/mol. The molecule has 0 bridgehead atoms. The van der Waals surface area contributed by atoms with Crippen LogP contribution in [0.15, 0.2) is 24.3 Å². The van der Waals surface area contributed by atoms with Crippen LogP contribution in [0.4, 0.5) is 10.1 Å². The number of nitrogens with one attached hydrogen (secondary N) is 1. The highest BCUT2D eigenvalue weighted by atomic mass is 19.1. The van der Waals surface area contributed by atoms with Crippen LogP contribution in [0.25, 0.3) is 0 Å². The van der Waals surface area contributed by atoms with Gasteiger partial charge in [0, 0.05) is 25.3 Å². The summed E-state index contributed by atoms with van der Waals surface area (Å²) < 4.78 is 22.0. The summed E-state index contributed by atoms with van der Waals surface area (Å²) in [5, 5.41) is 7.10. The molecule has 1 fully saturated rings. The summed E-state index contributed by atoms with van der Waals surface area (Å²) in [6.45, 7) is 9.56. The molecule has 146 valence electrons. The lowest BCUT2D eigenvalue weighted by atomic mass is 10.1. The quantitative estimate of drug-likeness (QED) is 0.874. The molecule has 2 aromatic rings. The van der Waals surface area contributed by atoms with Crippen molar-refractivity contribution in [1.82, 2.24) is 15.1 Å². The Bertz CT molecular complexity index is 810. The molecule has 1 aromatic carbocycles. The van der Waals surface area contributed by atoms with Crippen molar-refractivity contribution in [1.29, 1.82) is 0 Å². The van der Waals surface area contributed by atoms with Crippen molar-refractivity contribution in [2.24, 2.45) is 0 Å². The number of anilines is 1. The third kappa shape index (κ3) is 4.86. The van der Waals surface area contributed by atoms with E-state index in [1.165, 1.54) is 6.07 Å². The van der Waals surface area contributed by atoms with Gasteiger partial charge in [0.25, 0.3) is 0 Å². The van der Waals surface area contributed by atoms with Gasteiger partial charge in [0.15, 0.2) is 0 Å². The van der Waals surface area contributed by atoms with Gasteiger partial charge in [0.05, 0.1) is 23.6 Å². The van der Waals surface area contributed by atoms with Crippen molar-refractivity contribution >= 4 is 11.6 Å². The maximum Gasteiger partial charge on any atom is 0.242 e. The summed E-state index contributed by atoms with van der Waals surface area (Å²) in [5.74, 6) is -0.428. The van der Waals surface area contributed by atoms with E-state index in [0.717, 1.165) is 17.0 Å². The molecule has 0 aliphatic carbocycles. The number of aryl methyl sites for hydroxylation is 2. The fourth-order valence-corrected chi connectivity index (χ4v) is 3.52. The molecule has 0 radical (unpaired) electrons. The summed E-state index contributed by atoms with van der Waals surface area (Å²) in [6, 6.07) is 7.05. The minimum Gasteiger partial charge on any atom is -0.372 e. The predicted octanol–water partition coefficient (Wildman–Crippen LogP) is 2.57. The van der Waals surface area contributed by atoms with Crippen LogP contribution >= 0.6 is 0 Å². The maximum atomic E-state index is 14.6. The Hall–Kier alpha value is -2.41.